The number of aromatic amines is 1. The Bertz CT molecular complexity index is 937. The van der Waals surface area contributed by atoms with E-state index in [1.54, 1.807) is 0 Å². The van der Waals surface area contributed by atoms with Crippen molar-refractivity contribution in [3.63, 3.8) is 0 Å². The average Bonchev–Trinajstić information content (AvgIpc) is 3.32. The number of rotatable bonds is 5. The number of para-hydroxylation sites is 2. The molecule has 0 aliphatic heterocycles. The summed E-state index contributed by atoms with van der Waals surface area (Å²) in [5.41, 5.74) is 3.72. The zero-order valence-corrected chi connectivity index (χ0v) is 16.9. The number of hydrogen-bond acceptors (Lipinski definition) is 3. The van der Waals surface area contributed by atoms with Crippen molar-refractivity contribution in [1.29, 1.82) is 0 Å². The van der Waals surface area contributed by atoms with Gasteiger partial charge in [-0.1, -0.05) is 32.4 Å². The minimum atomic E-state index is -0.0171. The predicted molar refractivity (Wildman–Crippen MR) is 111 cm³/mol. The standard InChI is InChI=1S/C22H29N5O/c1-4-27-20(13-19(26-27)14(2)3)22(28)23-16-9-7-8-15(12-16)21-24-17-10-5-6-11-18(17)25-21/h5-6,10-11,13-16H,4,7-9,12H2,1-3H3,(H,23,28)(H,24,25). The molecule has 1 aliphatic carbocycles. The highest BCUT2D eigenvalue weighted by Gasteiger charge is 2.27. The van der Waals surface area contributed by atoms with Crippen LogP contribution in [0, 0.1) is 0 Å². The van der Waals surface area contributed by atoms with Gasteiger partial charge in [-0.2, -0.15) is 5.10 Å². The van der Waals surface area contributed by atoms with E-state index >= 15 is 0 Å². The number of fused-ring (bicyclic) bond motifs is 1. The Morgan fingerprint density at radius 2 is 2.14 bits per heavy atom. The first-order valence-corrected chi connectivity index (χ1v) is 10.4. The SMILES string of the molecule is CCn1nc(C(C)C)cc1C(=O)NC1CCCC(c2nc3ccccc3[nH]2)C1. The monoisotopic (exact) mass is 379 g/mol. The van der Waals surface area contributed by atoms with Gasteiger partial charge in [0.1, 0.15) is 11.5 Å². The summed E-state index contributed by atoms with van der Waals surface area (Å²) < 4.78 is 1.81. The van der Waals surface area contributed by atoms with Crippen LogP contribution in [0.3, 0.4) is 0 Å². The quantitative estimate of drug-likeness (QED) is 0.692. The fraction of sp³-hybridized carbons (Fsp3) is 0.500. The van der Waals surface area contributed by atoms with Gasteiger partial charge in [0.25, 0.3) is 5.91 Å². The molecule has 2 atom stereocenters. The van der Waals surface area contributed by atoms with E-state index in [-0.39, 0.29) is 11.9 Å². The van der Waals surface area contributed by atoms with Gasteiger partial charge in [-0.3, -0.25) is 9.48 Å². The zero-order valence-electron chi connectivity index (χ0n) is 16.9. The smallest absolute Gasteiger partial charge is 0.269 e. The molecule has 1 amide bonds. The van der Waals surface area contributed by atoms with Crippen molar-refractivity contribution >= 4 is 16.9 Å². The van der Waals surface area contributed by atoms with Crippen LogP contribution in [0.15, 0.2) is 30.3 Å². The molecule has 2 aromatic heterocycles. The summed E-state index contributed by atoms with van der Waals surface area (Å²) >= 11 is 0. The van der Waals surface area contributed by atoms with Crippen LogP contribution in [0.1, 0.15) is 80.3 Å². The van der Waals surface area contributed by atoms with Gasteiger partial charge < -0.3 is 10.3 Å². The first-order valence-electron chi connectivity index (χ1n) is 10.4. The minimum Gasteiger partial charge on any atom is -0.348 e. The summed E-state index contributed by atoms with van der Waals surface area (Å²) in [6.45, 7) is 6.92. The molecule has 0 saturated heterocycles. The van der Waals surface area contributed by atoms with Crippen molar-refractivity contribution in [2.75, 3.05) is 0 Å². The van der Waals surface area contributed by atoms with E-state index in [1.807, 2.05) is 35.9 Å². The van der Waals surface area contributed by atoms with E-state index in [0.717, 1.165) is 48.2 Å². The molecule has 4 rings (SSSR count). The highest BCUT2D eigenvalue weighted by molar-refractivity contribution is 5.93. The third-order valence-corrected chi connectivity index (χ3v) is 5.73. The molecule has 148 valence electrons. The molecule has 1 saturated carbocycles. The predicted octanol–water partition coefficient (Wildman–Crippen LogP) is 4.36. The Balaban J connectivity index is 1.47. The van der Waals surface area contributed by atoms with Crippen LogP contribution in [0.5, 0.6) is 0 Å². The van der Waals surface area contributed by atoms with E-state index in [4.69, 9.17) is 4.98 Å². The lowest BCUT2D eigenvalue weighted by Gasteiger charge is -2.28. The highest BCUT2D eigenvalue weighted by Crippen LogP contribution is 2.32. The largest absolute Gasteiger partial charge is 0.348 e. The van der Waals surface area contributed by atoms with E-state index in [2.05, 4.69) is 35.3 Å². The maximum Gasteiger partial charge on any atom is 0.269 e. The van der Waals surface area contributed by atoms with Gasteiger partial charge in [0.05, 0.1) is 16.7 Å². The van der Waals surface area contributed by atoms with Crippen LogP contribution in [0.4, 0.5) is 0 Å². The lowest BCUT2D eigenvalue weighted by atomic mass is 9.85. The summed E-state index contributed by atoms with van der Waals surface area (Å²) in [5, 5.41) is 7.82. The number of aromatic nitrogens is 4. The van der Waals surface area contributed by atoms with Crippen molar-refractivity contribution in [2.45, 2.75) is 70.9 Å². The minimum absolute atomic E-state index is 0.0171. The number of carbonyl (C=O) groups excluding carboxylic acids is 1. The molecule has 2 unspecified atom stereocenters. The number of benzene rings is 1. The lowest BCUT2D eigenvalue weighted by Crippen LogP contribution is -2.39. The highest BCUT2D eigenvalue weighted by atomic mass is 16.2. The van der Waals surface area contributed by atoms with Gasteiger partial charge in [-0.05, 0) is 50.3 Å². The number of carbonyl (C=O) groups is 1. The fourth-order valence-corrected chi connectivity index (χ4v) is 4.14. The molecular formula is C22H29N5O. The topological polar surface area (TPSA) is 75.6 Å². The molecule has 0 spiro atoms. The Hall–Kier alpha value is -2.63. The molecule has 0 radical (unpaired) electrons. The molecule has 0 bridgehead atoms. The Morgan fingerprint density at radius 3 is 2.89 bits per heavy atom. The Morgan fingerprint density at radius 1 is 1.32 bits per heavy atom. The second-order valence-corrected chi connectivity index (χ2v) is 8.10. The van der Waals surface area contributed by atoms with Crippen LogP contribution >= 0.6 is 0 Å². The number of nitrogens with zero attached hydrogens (tertiary/aromatic N) is 3. The van der Waals surface area contributed by atoms with Gasteiger partial charge in [0, 0.05) is 18.5 Å². The molecule has 1 aromatic carbocycles. The normalized spacial score (nSPS) is 20.0. The number of nitrogens with one attached hydrogen (secondary N) is 2. The number of H-pyrrole nitrogens is 1. The fourth-order valence-electron chi connectivity index (χ4n) is 4.14. The second-order valence-electron chi connectivity index (χ2n) is 8.10. The van der Waals surface area contributed by atoms with Crippen molar-refractivity contribution in [2.24, 2.45) is 0 Å². The second kappa shape index (κ2) is 7.78. The third-order valence-electron chi connectivity index (χ3n) is 5.73. The summed E-state index contributed by atoms with van der Waals surface area (Å²) in [6.07, 6.45) is 4.14. The van der Waals surface area contributed by atoms with Crippen molar-refractivity contribution < 1.29 is 4.79 Å². The van der Waals surface area contributed by atoms with Crippen molar-refractivity contribution in [3.8, 4) is 0 Å². The van der Waals surface area contributed by atoms with Gasteiger partial charge >= 0.3 is 0 Å². The van der Waals surface area contributed by atoms with Gasteiger partial charge in [-0.15, -0.1) is 0 Å². The van der Waals surface area contributed by atoms with Gasteiger partial charge in [0.2, 0.25) is 0 Å². The maximum absolute atomic E-state index is 12.9. The van der Waals surface area contributed by atoms with Crippen LogP contribution in [-0.2, 0) is 6.54 Å². The molecule has 2 N–H and O–H groups in total. The first kappa shape index (κ1) is 18.7. The molecule has 6 heteroatoms. The third kappa shape index (κ3) is 3.68. The molecule has 1 fully saturated rings. The molecule has 6 nitrogen and oxygen atoms in total. The van der Waals surface area contributed by atoms with Gasteiger partial charge in [0.15, 0.2) is 0 Å². The first-order chi connectivity index (χ1) is 13.5. The maximum atomic E-state index is 12.9. The van der Waals surface area contributed by atoms with Crippen LogP contribution in [0.25, 0.3) is 11.0 Å². The average molecular weight is 380 g/mol. The van der Waals surface area contributed by atoms with E-state index in [9.17, 15) is 4.79 Å². The number of amides is 1. The van der Waals surface area contributed by atoms with Crippen molar-refractivity contribution in [3.05, 3.63) is 47.5 Å². The zero-order chi connectivity index (χ0) is 19.7. The van der Waals surface area contributed by atoms with E-state index in [0.29, 0.717) is 24.1 Å². The number of hydrogen-bond donors (Lipinski definition) is 2. The summed E-state index contributed by atoms with van der Waals surface area (Å²) in [5.74, 6) is 1.69. The molecule has 1 aliphatic rings. The van der Waals surface area contributed by atoms with Crippen LogP contribution in [0.2, 0.25) is 0 Å². The van der Waals surface area contributed by atoms with Crippen molar-refractivity contribution in [1.82, 2.24) is 25.1 Å². The Labute approximate surface area is 165 Å². The molecule has 3 aromatic rings. The molecule has 2 heterocycles. The van der Waals surface area contributed by atoms with E-state index in [1.165, 1.54) is 0 Å². The molecular weight excluding hydrogens is 350 g/mol. The van der Waals surface area contributed by atoms with Gasteiger partial charge in [-0.25, -0.2) is 4.98 Å². The number of aryl methyl sites for hydroxylation is 1. The number of imidazole rings is 1. The summed E-state index contributed by atoms with van der Waals surface area (Å²) in [4.78, 5) is 21.2. The summed E-state index contributed by atoms with van der Waals surface area (Å²) in [7, 11) is 0. The van der Waals surface area contributed by atoms with Crippen LogP contribution < -0.4 is 5.32 Å². The lowest BCUT2D eigenvalue weighted by molar-refractivity contribution is 0.0914. The Kier molecular flexibility index (Phi) is 5.20. The summed E-state index contributed by atoms with van der Waals surface area (Å²) in [6, 6.07) is 10.2. The molecule has 28 heavy (non-hydrogen) atoms. The van der Waals surface area contributed by atoms with Crippen LogP contribution in [-0.4, -0.2) is 31.7 Å². The van der Waals surface area contributed by atoms with E-state index < -0.39 is 0 Å².